The molecule has 2 heteroatoms. The van der Waals surface area contributed by atoms with Crippen LogP contribution in [0.4, 0.5) is 0 Å². The predicted octanol–water partition coefficient (Wildman–Crippen LogP) is 7.51. The number of isothiocyanates is 1. The van der Waals surface area contributed by atoms with Gasteiger partial charge in [-0.1, -0.05) is 107 Å². The van der Waals surface area contributed by atoms with E-state index in [0.717, 1.165) is 5.92 Å². The fourth-order valence-corrected chi connectivity index (χ4v) is 4.98. The highest BCUT2D eigenvalue weighted by molar-refractivity contribution is 7.78. The predicted molar refractivity (Wildman–Crippen MR) is 119 cm³/mol. The Hall–Kier alpha value is -1.50. The zero-order valence-corrected chi connectivity index (χ0v) is 17.5. The molecule has 1 nitrogen and oxygen atoms in total. The summed E-state index contributed by atoms with van der Waals surface area (Å²) in [5, 5.41) is 2.70. The molecule has 1 aromatic carbocycles. The molecule has 0 N–H and O–H groups in total. The van der Waals surface area contributed by atoms with Gasteiger partial charge in [-0.2, -0.15) is 0 Å². The van der Waals surface area contributed by atoms with E-state index in [2.05, 4.69) is 71.7 Å². The Balaban J connectivity index is 1.60. The Morgan fingerprint density at radius 1 is 1.00 bits per heavy atom. The van der Waals surface area contributed by atoms with Crippen LogP contribution in [-0.4, -0.2) is 10.7 Å². The molecule has 0 aromatic heterocycles. The van der Waals surface area contributed by atoms with Crippen LogP contribution in [0.25, 0.3) is 0 Å². The van der Waals surface area contributed by atoms with Gasteiger partial charge in [-0.15, -0.1) is 0 Å². The second kappa shape index (κ2) is 10.2. The number of hydrogen-bond acceptors (Lipinski definition) is 2. The number of nitrogens with zero attached hydrogens (tertiary/aromatic N) is 1. The quantitative estimate of drug-likeness (QED) is 0.197. The molecule has 0 radical (unpaired) electrons. The summed E-state index contributed by atoms with van der Waals surface area (Å²) in [4.78, 5) is 4.67. The largest absolute Gasteiger partial charge is 0.217 e. The maximum Gasteiger partial charge on any atom is 0.110 e. The molecule has 1 aromatic rings. The van der Waals surface area contributed by atoms with Gasteiger partial charge in [-0.25, -0.2) is 4.99 Å². The molecule has 27 heavy (non-hydrogen) atoms. The van der Waals surface area contributed by atoms with Crippen molar-refractivity contribution in [2.75, 3.05) is 0 Å². The summed E-state index contributed by atoms with van der Waals surface area (Å²) in [6.45, 7) is 2.29. The topological polar surface area (TPSA) is 12.4 Å². The molecule has 2 aliphatic carbocycles. The molecule has 0 spiro atoms. The van der Waals surface area contributed by atoms with Gasteiger partial charge in [0.05, 0.1) is 5.16 Å². The van der Waals surface area contributed by atoms with E-state index in [-0.39, 0.29) is 5.54 Å². The highest BCUT2D eigenvalue weighted by atomic mass is 32.1. The Labute approximate surface area is 170 Å². The van der Waals surface area contributed by atoms with Gasteiger partial charge in [0.1, 0.15) is 5.54 Å². The van der Waals surface area contributed by atoms with Crippen molar-refractivity contribution in [2.24, 2.45) is 16.8 Å². The molecule has 144 valence electrons. The van der Waals surface area contributed by atoms with E-state index >= 15 is 0 Å². The van der Waals surface area contributed by atoms with E-state index in [0.29, 0.717) is 11.8 Å². The Morgan fingerprint density at radius 2 is 1.70 bits per heavy atom. The highest BCUT2D eigenvalue weighted by Crippen LogP contribution is 2.43. The SMILES string of the molecule is CCCCCCC1CCC(C2(N=C=S)C=CC(c3ccccc3)C=C2)CC1. The van der Waals surface area contributed by atoms with Gasteiger partial charge in [0.2, 0.25) is 0 Å². The smallest absolute Gasteiger partial charge is 0.110 e. The van der Waals surface area contributed by atoms with Crippen LogP contribution in [0.1, 0.15) is 76.2 Å². The number of aliphatic imine (C=N–C) groups is 1. The van der Waals surface area contributed by atoms with Crippen LogP contribution in [0.5, 0.6) is 0 Å². The first-order chi connectivity index (χ1) is 13.3. The molecule has 2 aliphatic rings. The minimum atomic E-state index is -0.264. The summed E-state index contributed by atoms with van der Waals surface area (Å²) in [7, 11) is 0. The lowest BCUT2D eigenvalue weighted by Crippen LogP contribution is -2.36. The molecule has 0 saturated heterocycles. The third-order valence-corrected chi connectivity index (χ3v) is 6.62. The van der Waals surface area contributed by atoms with Gasteiger partial charge in [0.15, 0.2) is 0 Å². The maximum atomic E-state index is 5.02. The molecular formula is C25H33NS. The van der Waals surface area contributed by atoms with Gasteiger partial charge in [0, 0.05) is 5.92 Å². The first kappa shape index (κ1) is 20.2. The van der Waals surface area contributed by atoms with E-state index in [9.17, 15) is 0 Å². The molecule has 1 fully saturated rings. The molecule has 0 amide bonds. The second-order valence-electron chi connectivity index (χ2n) is 8.31. The lowest BCUT2D eigenvalue weighted by Gasteiger charge is -2.39. The van der Waals surface area contributed by atoms with E-state index in [1.54, 1.807) is 0 Å². The van der Waals surface area contributed by atoms with E-state index < -0.39 is 0 Å². The summed E-state index contributed by atoms with van der Waals surface area (Å²) in [6.07, 6.45) is 21.4. The van der Waals surface area contributed by atoms with E-state index in [4.69, 9.17) is 12.2 Å². The normalized spacial score (nSPS) is 30.0. The van der Waals surface area contributed by atoms with Gasteiger partial charge in [-0.05, 0) is 42.5 Å². The van der Waals surface area contributed by atoms with Crippen LogP contribution in [0.2, 0.25) is 0 Å². The van der Waals surface area contributed by atoms with Crippen LogP contribution in [0.15, 0.2) is 59.6 Å². The number of allylic oxidation sites excluding steroid dienone is 2. The summed E-state index contributed by atoms with van der Waals surface area (Å²) < 4.78 is 0. The van der Waals surface area contributed by atoms with Gasteiger partial charge in [-0.3, -0.25) is 0 Å². The molecule has 1 saturated carbocycles. The highest BCUT2D eigenvalue weighted by Gasteiger charge is 2.38. The Kier molecular flexibility index (Phi) is 7.61. The fourth-order valence-electron chi connectivity index (χ4n) is 4.82. The first-order valence-corrected chi connectivity index (χ1v) is 11.2. The van der Waals surface area contributed by atoms with Crippen molar-refractivity contribution in [1.29, 1.82) is 0 Å². The van der Waals surface area contributed by atoms with E-state index in [1.165, 1.54) is 63.4 Å². The van der Waals surface area contributed by atoms with Crippen LogP contribution in [-0.2, 0) is 0 Å². The number of benzene rings is 1. The van der Waals surface area contributed by atoms with E-state index in [1.807, 2.05) is 0 Å². The molecular weight excluding hydrogens is 346 g/mol. The molecule has 0 bridgehead atoms. The van der Waals surface area contributed by atoms with Crippen molar-refractivity contribution >= 4 is 17.4 Å². The van der Waals surface area contributed by atoms with Crippen molar-refractivity contribution in [3.05, 3.63) is 60.2 Å². The third kappa shape index (κ3) is 5.27. The first-order valence-electron chi connectivity index (χ1n) is 10.8. The minimum absolute atomic E-state index is 0.264. The Morgan fingerprint density at radius 3 is 2.33 bits per heavy atom. The molecule has 0 unspecified atom stereocenters. The third-order valence-electron chi connectivity index (χ3n) is 6.53. The summed E-state index contributed by atoms with van der Waals surface area (Å²) in [5.74, 6) is 1.82. The Bertz CT molecular complexity index is 662. The average Bonchev–Trinajstić information content (AvgIpc) is 2.73. The lowest BCUT2D eigenvalue weighted by molar-refractivity contribution is 0.219. The van der Waals surface area contributed by atoms with Gasteiger partial charge in [0.25, 0.3) is 0 Å². The maximum absolute atomic E-state index is 5.02. The number of hydrogen-bond donors (Lipinski definition) is 0. The summed E-state index contributed by atoms with van der Waals surface area (Å²) in [5.41, 5.74) is 1.07. The van der Waals surface area contributed by atoms with Crippen LogP contribution < -0.4 is 0 Å². The summed E-state index contributed by atoms with van der Waals surface area (Å²) in [6, 6.07) is 10.7. The number of thiocarbonyl (C=S) groups is 1. The zero-order valence-electron chi connectivity index (χ0n) is 16.6. The van der Waals surface area contributed by atoms with Crippen LogP contribution >= 0.6 is 12.2 Å². The van der Waals surface area contributed by atoms with Crippen molar-refractivity contribution in [2.45, 2.75) is 76.2 Å². The lowest BCUT2D eigenvalue weighted by atomic mass is 9.69. The monoisotopic (exact) mass is 379 g/mol. The standard InChI is InChI=1S/C25H33NS/c1-2-3-4-6-9-21-12-14-24(15-13-21)25(26-20-27)18-16-23(17-19-25)22-10-7-5-8-11-22/h5,7-8,10-11,16-19,21,23-24H,2-4,6,9,12-15H2,1H3. The van der Waals surface area contributed by atoms with Crippen molar-refractivity contribution < 1.29 is 0 Å². The second-order valence-corrected chi connectivity index (χ2v) is 8.49. The van der Waals surface area contributed by atoms with Gasteiger partial charge >= 0.3 is 0 Å². The average molecular weight is 380 g/mol. The van der Waals surface area contributed by atoms with Gasteiger partial charge < -0.3 is 0 Å². The van der Waals surface area contributed by atoms with Crippen LogP contribution in [0.3, 0.4) is 0 Å². The molecule has 3 rings (SSSR count). The van der Waals surface area contributed by atoms with Crippen LogP contribution in [0, 0.1) is 11.8 Å². The summed E-state index contributed by atoms with van der Waals surface area (Å²) >= 11 is 5.02. The molecule has 0 atom stereocenters. The molecule has 0 aliphatic heterocycles. The fraction of sp³-hybridized carbons (Fsp3) is 0.560. The number of rotatable bonds is 8. The van der Waals surface area contributed by atoms with Crippen molar-refractivity contribution in [3.8, 4) is 0 Å². The minimum Gasteiger partial charge on any atom is -0.217 e. The zero-order chi connectivity index (χ0) is 19.0. The van der Waals surface area contributed by atoms with Crippen molar-refractivity contribution in [3.63, 3.8) is 0 Å². The van der Waals surface area contributed by atoms with Crippen molar-refractivity contribution in [1.82, 2.24) is 0 Å². The number of unbranched alkanes of at least 4 members (excludes halogenated alkanes) is 3. The molecule has 0 heterocycles.